The molecular formula is C24H32N6O3. The van der Waals surface area contributed by atoms with Crippen LogP contribution < -0.4 is 16.4 Å². The van der Waals surface area contributed by atoms with Crippen molar-refractivity contribution in [1.82, 2.24) is 20.2 Å². The second-order valence-electron chi connectivity index (χ2n) is 9.00. The highest BCUT2D eigenvalue weighted by Gasteiger charge is 2.25. The number of amides is 2. The Balaban J connectivity index is 1.23. The Kier molecular flexibility index (Phi) is 7.51. The number of benzene rings is 1. The van der Waals surface area contributed by atoms with Gasteiger partial charge in [0.15, 0.2) is 0 Å². The first kappa shape index (κ1) is 23.1. The van der Waals surface area contributed by atoms with Crippen molar-refractivity contribution in [3.05, 3.63) is 53.5 Å². The average Bonchev–Trinajstić information content (AvgIpc) is 2.83. The van der Waals surface area contributed by atoms with E-state index < -0.39 is 6.10 Å². The molecule has 0 saturated heterocycles. The molecule has 5 N–H and O–H groups in total. The topological polar surface area (TPSA) is 133 Å². The van der Waals surface area contributed by atoms with Gasteiger partial charge in [0.05, 0.1) is 6.10 Å². The molecule has 0 unspecified atom stereocenters. The number of β-amino-alcohol motifs (C(OH)–C–C–N with tert-alkyl or cyclic N) is 1. The van der Waals surface area contributed by atoms with E-state index in [2.05, 4.69) is 43.7 Å². The third-order valence-corrected chi connectivity index (χ3v) is 6.56. The number of nitrogens with zero attached hydrogens (tertiary/aromatic N) is 3. The number of hydrogen-bond donors (Lipinski definition) is 4. The molecule has 1 aromatic carbocycles. The van der Waals surface area contributed by atoms with Crippen molar-refractivity contribution in [1.29, 1.82) is 0 Å². The van der Waals surface area contributed by atoms with Gasteiger partial charge in [0, 0.05) is 44.2 Å². The minimum absolute atomic E-state index is 0.0547. The van der Waals surface area contributed by atoms with Gasteiger partial charge in [-0.25, -0.2) is 9.97 Å². The lowest BCUT2D eigenvalue weighted by atomic mass is 9.85. The number of hydrogen-bond acceptors (Lipinski definition) is 7. The number of rotatable bonds is 8. The van der Waals surface area contributed by atoms with Crippen molar-refractivity contribution in [3.8, 4) is 0 Å². The van der Waals surface area contributed by atoms with E-state index >= 15 is 0 Å². The molecule has 1 aliphatic carbocycles. The number of nitrogens with two attached hydrogens (primary N) is 1. The zero-order valence-corrected chi connectivity index (χ0v) is 18.7. The van der Waals surface area contributed by atoms with Crippen LogP contribution in [-0.2, 0) is 17.8 Å². The molecule has 2 aromatic rings. The normalized spacial score (nSPS) is 21.6. The largest absolute Gasteiger partial charge is 0.390 e. The molecule has 2 amide bonds. The van der Waals surface area contributed by atoms with Crippen LogP contribution in [0.5, 0.6) is 0 Å². The summed E-state index contributed by atoms with van der Waals surface area (Å²) in [5, 5.41) is 16.5. The van der Waals surface area contributed by atoms with E-state index in [9.17, 15) is 14.7 Å². The fourth-order valence-electron chi connectivity index (χ4n) is 4.67. The molecule has 1 atom stereocenters. The van der Waals surface area contributed by atoms with Gasteiger partial charge in [-0.15, -0.1) is 0 Å². The molecule has 1 fully saturated rings. The van der Waals surface area contributed by atoms with Gasteiger partial charge in [-0.2, -0.15) is 0 Å². The van der Waals surface area contributed by atoms with Crippen molar-refractivity contribution in [3.63, 3.8) is 0 Å². The molecule has 9 nitrogen and oxygen atoms in total. The number of fused-ring (bicyclic) bond motifs is 1. The number of primary amides is 1. The third kappa shape index (κ3) is 6.27. The van der Waals surface area contributed by atoms with Crippen LogP contribution in [0, 0.1) is 5.92 Å². The van der Waals surface area contributed by atoms with Gasteiger partial charge in [0.2, 0.25) is 5.91 Å². The zero-order chi connectivity index (χ0) is 23.2. The minimum atomic E-state index is -0.668. The highest BCUT2D eigenvalue weighted by Crippen LogP contribution is 2.26. The van der Waals surface area contributed by atoms with Gasteiger partial charge in [-0.1, -0.05) is 24.3 Å². The molecule has 0 spiro atoms. The molecule has 0 bridgehead atoms. The maximum atomic E-state index is 12.6. The zero-order valence-electron chi connectivity index (χ0n) is 18.7. The summed E-state index contributed by atoms with van der Waals surface area (Å²) in [6.45, 7) is 2.35. The minimum Gasteiger partial charge on any atom is -0.390 e. The predicted molar refractivity (Wildman–Crippen MR) is 124 cm³/mol. The van der Waals surface area contributed by atoms with Crippen LogP contribution in [0.25, 0.3) is 0 Å². The molecular weight excluding hydrogens is 420 g/mol. The Bertz CT molecular complexity index is 976. The number of aliphatic hydroxyl groups excluding tert-OH is 1. The lowest BCUT2D eigenvalue weighted by Gasteiger charge is -2.30. The van der Waals surface area contributed by atoms with E-state index in [0.29, 0.717) is 12.4 Å². The Labute approximate surface area is 193 Å². The van der Waals surface area contributed by atoms with Gasteiger partial charge in [-0.05, 0) is 43.2 Å². The quantitative estimate of drug-likeness (QED) is 0.471. The van der Waals surface area contributed by atoms with Gasteiger partial charge >= 0.3 is 0 Å². The van der Waals surface area contributed by atoms with Crippen molar-refractivity contribution in [2.75, 3.05) is 25.0 Å². The van der Waals surface area contributed by atoms with Crippen molar-refractivity contribution >= 4 is 17.6 Å². The van der Waals surface area contributed by atoms with E-state index in [1.54, 1.807) is 6.07 Å². The van der Waals surface area contributed by atoms with E-state index in [0.717, 1.165) is 45.2 Å². The summed E-state index contributed by atoms with van der Waals surface area (Å²) in [7, 11) is 0. The molecule has 2 aliphatic rings. The SMILES string of the molecule is NC(=O)[C@H]1CC[C@H](Nc2cc(C(=O)NC[C@H](O)CN3CCc4ccccc4C3)ncn2)CC1. The Morgan fingerprint density at radius 3 is 2.67 bits per heavy atom. The van der Waals surface area contributed by atoms with Crippen LogP contribution in [0.3, 0.4) is 0 Å². The Morgan fingerprint density at radius 1 is 1.15 bits per heavy atom. The molecule has 4 rings (SSSR count). The van der Waals surface area contributed by atoms with E-state index in [4.69, 9.17) is 5.73 Å². The number of nitrogens with one attached hydrogen (secondary N) is 2. The van der Waals surface area contributed by atoms with Crippen LogP contribution in [0.4, 0.5) is 5.82 Å². The molecule has 33 heavy (non-hydrogen) atoms. The van der Waals surface area contributed by atoms with Gasteiger partial charge in [0.1, 0.15) is 17.8 Å². The van der Waals surface area contributed by atoms with Crippen molar-refractivity contribution < 1.29 is 14.7 Å². The molecule has 2 heterocycles. The summed E-state index contributed by atoms with van der Waals surface area (Å²) in [6.07, 6.45) is 4.82. The standard InChI is InChI=1S/C24H32N6O3/c25-23(32)17-5-7-19(8-6-17)29-22-11-21(27-15-28-22)24(33)26-12-20(31)14-30-10-9-16-3-1-2-4-18(16)13-30/h1-4,11,15,17,19-20,31H,5-10,12-14H2,(H2,25,32)(H,26,33)(H,27,28,29)/t17-,19-,20-/m0/s1. The molecule has 176 valence electrons. The summed E-state index contributed by atoms with van der Waals surface area (Å²) in [5.74, 6) is -0.0613. The number of aromatic nitrogens is 2. The molecule has 0 radical (unpaired) electrons. The number of carbonyl (C=O) groups excluding carboxylic acids is 2. The summed E-state index contributed by atoms with van der Waals surface area (Å²) in [6, 6.07) is 10.2. The highest BCUT2D eigenvalue weighted by molar-refractivity contribution is 5.92. The predicted octanol–water partition coefficient (Wildman–Crippen LogP) is 1.08. The average molecular weight is 453 g/mol. The van der Waals surface area contributed by atoms with E-state index in [1.807, 2.05) is 6.07 Å². The molecule has 1 aliphatic heterocycles. The lowest BCUT2D eigenvalue weighted by molar-refractivity contribution is -0.122. The van der Waals surface area contributed by atoms with Gasteiger partial charge in [-0.3, -0.25) is 14.5 Å². The molecule has 1 aromatic heterocycles. The lowest BCUT2D eigenvalue weighted by Crippen LogP contribution is -2.42. The molecule has 9 heteroatoms. The fraction of sp³-hybridized carbons (Fsp3) is 0.500. The first-order chi connectivity index (χ1) is 16.0. The monoisotopic (exact) mass is 452 g/mol. The van der Waals surface area contributed by atoms with Crippen LogP contribution in [0.2, 0.25) is 0 Å². The van der Waals surface area contributed by atoms with Crippen LogP contribution in [-0.4, -0.2) is 63.6 Å². The number of aliphatic hydroxyl groups is 1. The Morgan fingerprint density at radius 2 is 1.91 bits per heavy atom. The van der Waals surface area contributed by atoms with Crippen molar-refractivity contribution in [2.45, 2.75) is 50.8 Å². The van der Waals surface area contributed by atoms with Crippen molar-refractivity contribution in [2.24, 2.45) is 11.7 Å². The summed E-state index contributed by atoms with van der Waals surface area (Å²) in [5.41, 5.74) is 8.30. The van der Waals surface area contributed by atoms with Crippen LogP contribution in [0.15, 0.2) is 36.7 Å². The first-order valence-corrected chi connectivity index (χ1v) is 11.6. The second-order valence-corrected chi connectivity index (χ2v) is 9.00. The Hall–Kier alpha value is -3.04. The number of carbonyl (C=O) groups is 2. The summed E-state index contributed by atoms with van der Waals surface area (Å²) in [4.78, 5) is 34.4. The molecule has 1 saturated carbocycles. The third-order valence-electron chi connectivity index (χ3n) is 6.56. The van der Waals surface area contributed by atoms with Crippen LogP contribution >= 0.6 is 0 Å². The van der Waals surface area contributed by atoms with Gasteiger partial charge in [0.25, 0.3) is 5.91 Å². The maximum Gasteiger partial charge on any atom is 0.270 e. The van der Waals surface area contributed by atoms with Gasteiger partial charge < -0.3 is 21.5 Å². The second kappa shape index (κ2) is 10.7. The summed E-state index contributed by atoms with van der Waals surface area (Å²) >= 11 is 0. The first-order valence-electron chi connectivity index (χ1n) is 11.6. The highest BCUT2D eigenvalue weighted by atomic mass is 16.3. The maximum absolute atomic E-state index is 12.6. The number of anilines is 1. The van der Waals surface area contributed by atoms with Crippen LogP contribution in [0.1, 0.15) is 47.3 Å². The fourth-order valence-corrected chi connectivity index (χ4v) is 4.67. The summed E-state index contributed by atoms with van der Waals surface area (Å²) < 4.78 is 0. The smallest absolute Gasteiger partial charge is 0.270 e. The van der Waals surface area contributed by atoms with E-state index in [1.165, 1.54) is 17.5 Å². The van der Waals surface area contributed by atoms with E-state index in [-0.39, 0.29) is 36.0 Å².